The number of nitrogens with two attached hydrogens (primary N) is 1. The van der Waals surface area contributed by atoms with Crippen molar-refractivity contribution in [2.24, 2.45) is 16.8 Å². The lowest BCUT2D eigenvalue weighted by molar-refractivity contribution is -0.137. The van der Waals surface area contributed by atoms with Gasteiger partial charge in [-0.25, -0.2) is 4.98 Å². The number of hydrogen-bond acceptors (Lipinski definition) is 4. The fraction of sp³-hybridized carbons (Fsp3) is 0.455. The van der Waals surface area contributed by atoms with Gasteiger partial charge in [-0.05, 0) is 22.0 Å². The minimum Gasteiger partial charge on any atom is -0.409 e. The molecule has 1 aromatic heterocycles. The van der Waals surface area contributed by atoms with E-state index in [-0.39, 0.29) is 22.7 Å². The quantitative estimate of drug-likeness (QED) is 0.377. The topological polar surface area (TPSA) is 74.7 Å². The molecule has 0 aromatic carbocycles. The standard InChI is InChI=1S/C11H14BrF3N4O/c1-6(9(16)18-20)5-19(2)10-8(11(13,14)15)3-7(12)4-17-10/h3-4,6,20H,5H2,1-2H3,(H2,16,18). The van der Waals surface area contributed by atoms with E-state index in [1.165, 1.54) is 18.1 Å². The van der Waals surface area contributed by atoms with Crippen LogP contribution in [0.1, 0.15) is 12.5 Å². The van der Waals surface area contributed by atoms with Crippen LogP contribution in [0.4, 0.5) is 19.0 Å². The average molecular weight is 355 g/mol. The molecule has 0 radical (unpaired) electrons. The number of halogens is 4. The third-order valence-corrected chi connectivity index (χ3v) is 3.10. The summed E-state index contributed by atoms with van der Waals surface area (Å²) in [4.78, 5) is 5.12. The molecule has 0 aliphatic rings. The number of alkyl halides is 3. The Bertz CT molecular complexity index is 507. The number of amidine groups is 1. The van der Waals surface area contributed by atoms with Crippen LogP contribution in [-0.2, 0) is 6.18 Å². The third kappa shape index (κ3) is 3.99. The first-order valence-electron chi connectivity index (χ1n) is 5.58. The maximum Gasteiger partial charge on any atom is 0.419 e. The average Bonchev–Trinajstić information content (AvgIpc) is 2.36. The van der Waals surface area contributed by atoms with Crippen LogP contribution < -0.4 is 10.6 Å². The molecule has 0 fully saturated rings. The second-order valence-electron chi connectivity index (χ2n) is 4.33. The molecule has 0 amide bonds. The zero-order chi connectivity index (χ0) is 15.5. The van der Waals surface area contributed by atoms with Crippen LogP contribution in [0.2, 0.25) is 0 Å². The number of oxime groups is 1. The summed E-state index contributed by atoms with van der Waals surface area (Å²) in [5.41, 5.74) is 4.57. The third-order valence-electron chi connectivity index (χ3n) is 2.67. The van der Waals surface area contributed by atoms with Crippen molar-refractivity contribution in [3.05, 3.63) is 22.3 Å². The summed E-state index contributed by atoms with van der Waals surface area (Å²) >= 11 is 2.97. The summed E-state index contributed by atoms with van der Waals surface area (Å²) in [5, 5.41) is 11.4. The summed E-state index contributed by atoms with van der Waals surface area (Å²) in [6.07, 6.45) is -3.23. The Hall–Kier alpha value is -1.51. The van der Waals surface area contributed by atoms with E-state index in [1.807, 2.05) is 0 Å². The lowest BCUT2D eigenvalue weighted by Crippen LogP contribution is -2.34. The maximum atomic E-state index is 13.0. The summed E-state index contributed by atoms with van der Waals surface area (Å²) < 4.78 is 39.2. The summed E-state index contributed by atoms with van der Waals surface area (Å²) in [6, 6.07) is 0.965. The van der Waals surface area contributed by atoms with Crippen LogP contribution in [0.3, 0.4) is 0 Å². The number of anilines is 1. The fourth-order valence-electron chi connectivity index (χ4n) is 1.63. The Morgan fingerprint density at radius 3 is 2.70 bits per heavy atom. The molecule has 1 unspecified atom stereocenters. The summed E-state index contributed by atoms with van der Waals surface area (Å²) in [7, 11) is 1.46. The lowest BCUT2D eigenvalue weighted by atomic mass is 10.1. The molecule has 3 N–H and O–H groups in total. The Morgan fingerprint density at radius 1 is 1.60 bits per heavy atom. The molecule has 0 spiro atoms. The molecular weight excluding hydrogens is 341 g/mol. The van der Waals surface area contributed by atoms with Gasteiger partial charge in [-0.15, -0.1) is 0 Å². The number of aromatic nitrogens is 1. The smallest absolute Gasteiger partial charge is 0.409 e. The van der Waals surface area contributed by atoms with Gasteiger partial charge < -0.3 is 15.8 Å². The minimum absolute atomic E-state index is 0.0532. The van der Waals surface area contributed by atoms with Gasteiger partial charge in [-0.3, -0.25) is 0 Å². The highest BCUT2D eigenvalue weighted by molar-refractivity contribution is 9.10. The van der Waals surface area contributed by atoms with E-state index in [4.69, 9.17) is 10.9 Å². The number of nitrogens with zero attached hydrogens (tertiary/aromatic N) is 3. The fourth-order valence-corrected chi connectivity index (χ4v) is 1.97. The molecule has 112 valence electrons. The van der Waals surface area contributed by atoms with Crippen LogP contribution in [0, 0.1) is 5.92 Å². The van der Waals surface area contributed by atoms with E-state index in [0.717, 1.165) is 6.07 Å². The van der Waals surface area contributed by atoms with E-state index < -0.39 is 17.7 Å². The second-order valence-corrected chi connectivity index (χ2v) is 5.24. The van der Waals surface area contributed by atoms with E-state index in [2.05, 4.69) is 26.1 Å². The molecule has 0 saturated carbocycles. The molecule has 20 heavy (non-hydrogen) atoms. The monoisotopic (exact) mass is 354 g/mol. The van der Waals surface area contributed by atoms with E-state index in [9.17, 15) is 13.2 Å². The maximum absolute atomic E-state index is 13.0. The van der Waals surface area contributed by atoms with E-state index >= 15 is 0 Å². The van der Waals surface area contributed by atoms with Crippen LogP contribution in [0.25, 0.3) is 0 Å². The first-order valence-corrected chi connectivity index (χ1v) is 6.37. The zero-order valence-corrected chi connectivity index (χ0v) is 12.4. The van der Waals surface area contributed by atoms with Crippen LogP contribution in [0.15, 0.2) is 21.9 Å². The van der Waals surface area contributed by atoms with Crippen LogP contribution in [0.5, 0.6) is 0 Å². The van der Waals surface area contributed by atoms with Crippen molar-refractivity contribution in [3.63, 3.8) is 0 Å². The van der Waals surface area contributed by atoms with Crippen molar-refractivity contribution < 1.29 is 18.4 Å². The van der Waals surface area contributed by atoms with Gasteiger partial charge in [-0.1, -0.05) is 12.1 Å². The number of pyridine rings is 1. The number of rotatable bonds is 4. The first-order chi connectivity index (χ1) is 9.16. The van der Waals surface area contributed by atoms with Gasteiger partial charge in [-0.2, -0.15) is 13.2 Å². The van der Waals surface area contributed by atoms with Crippen molar-refractivity contribution >= 4 is 27.6 Å². The molecule has 0 aliphatic carbocycles. The van der Waals surface area contributed by atoms with Crippen molar-refractivity contribution in [1.29, 1.82) is 0 Å². The molecular formula is C11H14BrF3N4O. The molecule has 1 aromatic rings. The van der Waals surface area contributed by atoms with E-state index in [1.54, 1.807) is 6.92 Å². The molecule has 1 atom stereocenters. The normalized spacial score (nSPS) is 14.2. The van der Waals surface area contributed by atoms with Gasteiger partial charge in [0.05, 0.1) is 5.56 Å². The van der Waals surface area contributed by atoms with Crippen molar-refractivity contribution in [3.8, 4) is 0 Å². The highest BCUT2D eigenvalue weighted by Crippen LogP contribution is 2.36. The van der Waals surface area contributed by atoms with Gasteiger partial charge in [0.25, 0.3) is 0 Å². The second kappa shape index (κ2) is 6.29. The largest absolute Gasteiger partial charge is 0.419 e. The van der Waals surface area contributed by atoms with Crippen molar-refractivity contribution in [2.45, 2.75) is 13.1 Å². The summed E-state index contributed by atoms with van der Waals surface area (Å²) in [6.45, 7) is 1.77. The molecule has 1 rings (SSSR count). The van der Waals surface area contributed by atoms with Gasteiger partial charge in [0.2, 0.25) is 0 Å². The first kappa shape index (κ1) is 16.5. The van der Waals surface area contributed by atoms with Gasteiger partial charge in [0.15, 0.2) is 0 Å². The molecule has 0 bridgehead atoms. The van der Waals surface area contributed by atoms with Crippen molar-refractivity contribution in [2.75, 3.05) is 18.5 Å². The molecule has 5 nitrogen and oxygen atoms in total. The minimum atomic E-state index is -4.51. The zero-order valence-electron chi connectivity index (χ0n) is 10.8. The molecule has 1 heterocycles. The Balaban J connectivity index is 3.07. The van der Waals surface area contributed by atoms with Gasteiger partial charge >= 0.3 is 6.18 Å². The highest BCUT2D eigenvalue weighted by atomic mass is 79.9. The highest BCUT2D eigenvalue weighted by Gasteiger charge is 2.35. The summed E-state index contributed by atoms with van der Waals surface area (Å²) in [5.74, 6) is -0.683. The SMILES string of the molecule is CC(CN(C)c1ncc(Br)cc1C(F)(F)F)C(N)=NO. The van der Waals surface area contributed by atoms with Gasteiger partial charge in [0.1, 0.15) is 11.7 Å². The number of hydrogen-bond donors (Lipinski definition) is 2. The van der Waals surface area contributed by atoms with Crippen molar-refractivity contribution in [1.82, 2.24) is 4.98 Å². The predicted octanol–water partition coefficient (Wildman–Crippen LogP) is 2.68. The van der Waals surface area contributed by atoms with Crippen LogP contribution >= 0.6 is 15.9 Å². The Labute approximate surface area is 122 Å². The Morgan fingerprint density at radius 2 is 2.20 bits per heavy atom. The van der Waals surface area contributed by atoms with Crippen LogP contribution in [-0.4, -0.2) is 29.6 Å². The molecule has 9 heteroatoms. The molecule has 0 saturated heterocycles. The Kier molecular flexibility index (Phi) is 5.21. The van der Waals surface area contributed by atoms with Gasteiger partial charge in [0, 0.05) is 30.2 Å². The lowest BCUT2D eigenvalue weighted by Gasteiger charge is -2.24. The predicted molar refractivity (Wildman–Crippen MR) is 72.8 cm³/mol. The molecule has 0 aliphatic heterocycles. The van der Waals surface area contributed by atoms with E-state index in [0.29, 0.717) is 0 Å².